The second-order valence-corrected chi connectivity index (χ2v) is 4.04. The van der Waals surface area contributed by atoms with E-state index in [1.807, 2.05) is 30.2 Å². The van der Waals surface area contributed by atoms with Crippen molar-refractivity contribution in [3.63, 3.8) is 0 Å². The molecule has 1 aromatic heterocycles. The van der Waals surface area contributed by atoms with E-state index >= 15 is 0 Å². The van der Waals surface area contributed by atoms with Gasteiger partial charge in [0.15, 0.2) is 0 Å². The van der Waals surface area contributed by atoms with Gasteiger partial charge in [0.05, 0.1) is 11.9 Å². The minimum atomic E-state index is 1.16. The molecule has 2 heterocycles. The highest BCUT2D eigenvalue weighted by atomic mass is 32.2. The summed E-state index contributed by atoms with van der Waals surface area (Å²) in [6.45, 7) is 2.33. The fourth-order valence-corrected chi connectivity index (χ4v) is 2.27. The van der Waals surface area contributed by atoms with Crippen molar-refractivity contribution < 1.29 is 0 Å². The summed E-state index contributed by atoms with van der Waals surface area (Å²) in [5.74, 6) is 2.49. The minimum absolute atomic E-state index is 1.16. The first-order valence-corrected chi connectivity index (χ1v) is 5.35. The summed E-state index contributed by atoms with van der Waals surface area (Å²) < 4.78 is 0. The summed E-state index contributed by atoms with van der Waals surface area (Å²) >= 11 is 2.03. The van der Waals surface area contributed by atoms with Crippen LogP contribution in [0.2, 0.25) is 0 Å². The summed E-state index contributed by atoms with van der Waals surface area (Å²) in [5, 5.41) is 0. The zero-order valence-electron chi connectivity index (χ0n) is 6.94. The molecule has 3 heteroatoms. The number of pyridine rings is 1. The molecule has 1 aliphatic heterocycles. The molecule has 0 atom stereocenters. The summed E-state index contributed by atoms with van der Waals surface area (Å²) in [6.07, 6.45) is 3.76. The Bertz CT molecular complexity index is 232. The van der Waals surface area contributed by atoms with Gasteiger partial charge in [-0.1, -0.05) is 0 Å². The number of hydrogen-bond acceptors (Lipinski definition) is 3. The Morgan fingerprint density at radius 1 is 1.33 bits per heavy atom. The molecule has 1 aromatic rings. The molecule has 0 spiro atoms. The molecule has 0 saturated carbocycles. The van der Waals surface area contributed by atoms with E-state index in [-0.39, 0.29) is 0 Å². The molecule has 0 unspecified atom stereocenters. The molecule has 0 aliphatic carbocycles. The normalized spacial score (nSPS) is 17.8. The van der Waals surface area contributed by atoms with Crippen molar-refractivity contribution in [3.05, 3.63) is 24.5 Å². The first-order chi connectivity index (χ1) is 5.97. The first-order valence-electron chi connectivity index (χ1n) is 4.19. The molecule has 0 N–H and O–H groups in total. The molecule has 1 aliphatic rings. The van der Waals surface area contributed by atoms with Gasteiger partial charge in [-0.25, -0.2) is 0 Å². The van der Waals surface area contributed by atoms with Gasteiger partial charge in [-0.3, -0.25) is 4.98 Å². The lowest BCUT2D eigenvalue weighted by molar-refractivity contribution is 0.855. The van der Waals surface area contributed by atoms with Crippen LogP contribution in [-0.4, -0.2) is 29.6 Å². The number of nitrogens with zero attached hydrogens (tertiary/aromatic N) is 2. The predicted molar refractivity (Wildman–Crippen MR) is 53.8 cm³/mol. The van der Waals surface area contributed by atoms with Crippen molar-refractivity contribution in [2.24, 2.45) is 0 Å². The van der Waals surface area contributed by atoms with Crippen molar-refractivity contribution >= 4 is 17.4 Å². The van der Waals surface area contributed by atoms with Crippen molar-refractivity contribution in [1.82, 2.24) is 4.98 Å². The lowest BCUT2D eigenvalue weighted by Crippen LogP contribution is -2.32. The van der Waals surface area contributed by atoms with Crippen LogP contribution in [0.5, 0.6) is 0 Å². The lowest BCUT2D eigenvalue weighted by Gasteiger charge is -2.27. The molecular formula is C9H12N2S. The van der Waals surface area contributed by atoms with Crippen molar-refractivity contribution in [2.75, 3.05) is 29.5 Å². The Labute approximate surface area is 77.0 Å². The molecule has 0 amide bonds. The molecule has 0 radical (unpaired) electrons. The molecule has 0 aromatic carbocycles. The third-order valence-electron chi connectivity index (χ3n) is 2.02. The van der Waals surface area contributed by atoms with Crippen molar-refractivity contribution in [2.45, 2.75) is 0 Å². The Balaban J connectivity index is 2.08. The van der Waals surface area contributed by atoms with Crippen LogP contribution < -0.4 is 4.90 Å². The van der Waals surface area contributed by atoms with Crippen LogP contribution in [0.1, 0.15) is 0 Å². The zero-order valence-corrected chi connectivity index (χ0v) is 7.76. The van der Waals surface area contributed by atoms with E-state index in [9.17, 15) is 0 Å². The number of thioether (sulfide) groups is 1. The highest BCUT2D eigenvalue weighted by molar-refractivity contribution is 7.99. The second kappa shape index (κ2) is 3.81. The quantitative estimate of drug-likeness (QED) is 0.653. The number of aromatic nitrogens is 1. The van der Waals surface area contributed by atoms with E-state index in [1.165, 1.54) is 17.2 Å². The van der Waals surface area contributed by atoms with E-state index in [2.05, 4.69) is 16.0 Å². The summed E-state index contributed by atoms with van der Waals surface area (Å²) in [5.41, 5.74) is 1.26. The maximum atomic E-state index is 4.11. The highest BCUT2D eigenvalue weighted by Crippen LogP contribution is 2.17. The van der Waals surface area contributed by atoms with E-state index < -0.39 is 0 Å². The SMILES string of the molecule is c1cncc(N2CCSCC2)c1. The molecule has 2 nitrogen and oxygen atoms in total. The van der Waals surface area contributed by atoms with Crippen LogP contribution in [0.4, 0.5) is 5.69 Å². The highest BCUT2D eigenvalue weighted by Gasteiger charge is 2.09. The summed E-state index contributed by atoms with van der Waals surface area (Å²) in [7, 11) is 0. The molecule has 2 rings (SSSR count). The molecule has 1 saturated heterocycles. The third kappa shape index (κ3) is 1.72. The van der Waals surface area contributed by atoms with Crippen LogP contribution >= 0.6 is 11.8 Å². The fraction of sp³-hybridized carbons (Fsp3) is 0.444. The van der Waals surface area contributed by atoms with Crippen LogP contribution in [-0.2, 0) is 0 Å². The van der Waals surface area contributed by atoms with E-state index in [1.54, 1.807) is 0 Å². The molecular weight excluding hydrogens is 168 g/mol. The topological polar surface area (TPSA) is 16.1 Å². The van der Waals surface area contributed by atoms with Crippen molar-refractivity contribution in [3.8, 4) is 0 Å². The summed E-state index contributed by atoms with van der Waals surface area (Å²) in [4.78, 5) is 6.50. The molecule has 0 bridgehead atoms. The van der Waals surface area contributed by atoms with Gasteiger partial charge in [0, 0.05) is 30.8 Å². The number of hydrogen-bond donors (Lipinski definition) is 0. The van der Waals surface area contributed by atoms with E-state index in [0.29, 0.717) is 0 Å². The van der Waals surface area contributed by atoms with Crippen LogP contribution in [0.3, 0.4) is 0 Å². The zero-order chi connectivity index (χ0) is 8.23. The first kappa shape index (κ1) is 7.92. The van der Waals surface area contributed by atoms with Crippen LogP contribution in [0.15, 0.2) is 24.5 Å². The van der Waals surface area contributed by atoms with Crippen molar-refractivity contribution in [1.29, 1.82) is 0 Å². The van der Waals surface area contributed by atoms with E-state index in [4.69, 9.17) is 0 Å². The van der Waals surface area contributed by atoms with Gasteiger partial charge in [0.2, 0.25) is 0 Å². The third-order valence-corrected chi connectivity index (χ3v) is 2.96. The van der Waals surface area contributed by atoms with Gasteiger partial charge in [0.25, 0.3) is 0 Å². The maximum absolute atomic E-state index is 4.11. The standard InChI is InChI=1S/C9H12N2S/c1-2-9(8-10-3-1)11-4-6-12-7-5-11/h1-3,8H,4-7H2. The maximum Gasteiger partial charge on any atom is 0.0553 e. The minimum Gasteiger partial charge on any atom is -0.369 e. The van der Waals surface area contributed by atoms with Gasteiger partial charge in [-0.2, -0.15) is 11.8 Å². The molecule has 64 valence electrons. The largest absolute Gasteiger partial charge is 0.369 e. The molecule has 12 heavy (non-hydrogen) atoms. The Kier molecular flexibility index (Phi) is 2.51. The van der Waals surface area contributed by atoms with Crippen LogP contribution in [0.25, 0.3) is 0 Å². The summed E-state index contributed by atoms with van der Waals surface area (Å²) in [6, 6.07) is 4.13. The van der Waals surface area contributed by atoms with Gasteiger partial charge in [-0.15, -0.1) is 0 Å². The van der Waals surface area contributed by atoms with Gasteiger partial charge < -0.3 is 4.90 Å². The average molecular weight is 180 g/mol. The average Bonchev–Trinajstić information content (AvgIpc) is 2.21. The van der Waals surface area contributed by atoms with Crippen LogP contribution in [0, 0.1) is 0 Å². The van der Waals surface area contributed by atoms with E-state index in [0.717, 1.165) is 13.1 Å². The predicted octanol–water partition coefficient (Wildman–Crippen LogP) is 1.63. The second-order valence-electron chi connectivity index (χ2n) is 2.81. The fourth-order valence-electron chi connectivity index (χ4n) is 1.36. The van der Waals surface area contributed by atoms with Gasteiger partial charge >= 0.3 is 0 Å². The number of anilines is 1. The molecule has 1 fully saturated rings. The Morgan fingerprint density at radius 2 is 2.17 bits per heavy atom. The van der Waals surface area contributed by atoms with Gasteiger partial charge in [0.1, 0.15) is 0 Å². The smallest absolute Gasteiger partial charge is 0.0553 e. The Morgan fingerprint density at radius 3 is 2.83 bits per heavy atom. The monoisotopic (exact) mass is 180 g/mol. The van der Waals surface area contributed by atoms with Gasteiger partial charge in [-0.05, 0) is 12.1 Å². The lowest BCUT2D eigenvalue weighted by atomic mass is 10.3. The number of rotatable bonds is 1. The Hall–Kier alpha value is -0.700.